The third-order valence-corrected chi connectivity index (χ3v) is 8.95. The number of aliphatic imine (C=N–C) groups is 1. The lowest BCUT2D eigenvalue weighted by Crippen LogP contribution is -2.38. The first-order valence-corrected chi connectivity index (χ1v) is 15.0. The van der Waals surface area contributed by atoms with Gasteiger partial charge < -0.3 is 25.8 Å². The molecule has 1 aliphatic carbocycles. The van der Waals surface area contributed by atoms with Crippen LogP contribution in [0, 0.1) is 0 Å². The van der Waals surface area contributed by atoms with E-state index in [1.807, 2.05) is 13.8 Å². The monoisotopic (exact) mass is 562 g/mol. The normalized spacial score (nSPS) is 21.5. The number of benzene rings is 1. The lowest BCUT2D eigenvalue weighted by molar-refractivity contribution is 0.109. The molecule has 1 unspecified atom stereocenters. The van der Waals surface area contributed by atoms with E-state index in [1.165, 1.54) is 17.6 Å². The van der Waals surface area contributed by atoms with E-state index in [0.29, 0.717) is 17.1 Å². The molecule has 206 valence electrons. The minimum Gasteiger partial charge on any atom is -0.447 e. The molecule has 0 radical (unpaired) electrons. The van der Waals surface area contributed by atoms with Crippen LogP contribution in [0.3, 0.4) is 0 Å². The summed E-state index contributed by atoms with van der Waals surface area (Å²) in [6.45, 7) is 5.63. The second kappa shape index (κ2) is 12.2. The summed E-state index contributed by atoms with van der Waals surface area (Å²) in [5, 5.41) is 19.4. The number of anilines is 1. The number of carbonyl (C=O) groups is 1. The van der Waals surface area contributed by atoms with Crippen LogP contribution >= 0.6 is 11.3 Å². The van der Waals surface area contributed by atoms with Gasteiger partial charge in [0, 0.05) is 42.2 Å². The first-order chi connectivity index (χ1) is 18.1. The number of aromatic nitrogens is 1. The van der Waals surface area contributed by atoms with Crippen LogP contribution in [0.25, 0.3) is 10.4 Å². The third kappa shape index (κ3) is 7.10. The van der Waals surface area contributed by atoms with Crippen LogP contribution in [0.1, 0.15) is 57.4 Å². The summed E-state index contributed by atoms with van der Waals surface area (Å²) in [5.74, 6) is 0.745. The maximum atomic E-state index is 13.1. The Labute approximate surface area is 226 Å². The Morgan fingerprint density at radius 1 is 1.26 bits per heavy atom. The first kappa shape index (κ1) is 28.0. The zero-order valence-electron chi connectivity index (χ0n) is 21.6. The number of carbonyl (C=O) groups excluding carboxylic acids is 1. The molecule has 1 aromatic carbocycles. The van der Waals surface area contributed by atoms with Gasteiger partial charge in [-0.05, 0) is 57.7 Å². The minimum absolute atomic E-state index is 0.0787. The molecule has 11 nitrogen and oxygen atoms in total. The molecule has 1 amide bonds. The van der Waals surface area contributed by atoms with Gasteiger partial charge in [0.2, 0.25) is 16.4 Å². The Bertz CT molecular complexity index is 1300. The van der Waals surface area contributed by atoms with Crippen LogP contribution in [0.4, 0.5) is 10.5 Å². The van der Waals surface area contributed by atoms with Crippen LogP contribution in [-0.2, 0) is 14.8 Å². The highest BCUT2D eigenvalue weighted by molar-refractivity contribution is 7.89. The quantitative estimate of drug-likeness (QED) is 0.311. The fourth-order valence-electron chi connectivity index (χ4n) is 4.45. The number of allylic oxidation sites excluding steroid dienone is 1. The number of thiazole rings is 1. The maximum Gasteiger partial charge on any atom is 0.407 e. The number of nitrogens with one attached hydrogen (secondary N) is 4. The third-order valence-electron chi connectivity index (χ3n) is 6.17. The van der Waals surface area contributed by atoms with E-state index < -0.39 is 16.4 Å². The lowest BCUT2D eigenvalue weighted by Gasteiger charge is -2.28. The summed E-state index contributed by atoms with van der Waals surface area (Å²) in [6.07, 6.45) is 6.65. The summed E-state index contributed by atoms with van der Waals surface area (Å²) in [7, 11) is -3.79. The highest BCUT2D eigenvalue weighted by Gasteiger charge is 2.27. The van der Waals surface area contributed by atoms with Gasteiger partial charge in [-0.25, -0.2) is 27.9 Å². The topological polar surface area (TPSA) is 154 Å². The van der Waals surface area contributed by atoms with Gasteiger partial charge in [0.25, 0.3) is 0 Å². The van der Waals surface area contributed by atoms with E-state index >= 15 is 0 Å². The predicted molar refractivity (Wildman–Crippen MR) is 148 cm³/mol. The van der Waals surface area contributed by atoms with Crippen LogP contribution in [-0.4, -0.2) is 55.9 Å². The molecule has 0 spiro atoms. The molecule has 2 aliphatic rings. The summed E-state index contributed by atoms with van der Waals surface area (Å²) >= 11 is 1.50. The number of sulfonamides is 1. The van der Waals surface area contributed by atoms with Gasteiger partial charge >= 0.3 is 6.09 Å². The molecule has 1 aliphatic heterocycles. The van der Waals surface area contributed by atoms with Gasteiger partial charge in [0.15, 0.2) is 0 Å². The fourth-order valence-corrected chi connectivity index (χ4v) is 6.93. The molecule has 1 saturated carbocycles. The van der Waals surface area contributed by atoms with Gasteiger partial charge in [-0.1, -0.05) is 13.0 Å². The summed E-state index contributed by atoms with van der Waals surface area (Å²) < 4.78 is 34.0. The van der Waals surface area contributed by atoms with Crippen molar-refractivity contribution in [3.63, 3.8) is 0 Å². The standard InChI is InChI=1S/C25H34N6O5S2/c1-4-28-38(34,35)21-13-18(29-22-11-12-26-24(32)31-22)9-10-19(21)20-14-27-23(37-20)16-5-7-17(8-6-16)30-25(33)36-15(2)3/h9-17,24,28-29,31-32H,4-8H2,1-3H3,(H,30,33)/t16-,17-,24?. The molecule has 13 heteroatoms. The Balaban J connectivity index is 1.51. The SMILES string of the molecule is CCNS(=O)(=O)c1cc(NC2=CC=NC(O)N2)ccc1-c1cnc([C@H]2CC[C@H](NC(=O)OC(C)C)CC2)s1. The Morgan fingerprint density at radius 2 is 2.03 bits per heavy atom. The molecule has 38 heavy (non-hydrogen) atoms. The van der Waals surface area contributed by atoms with Crippen LogP contribution in [0.2, 0.25) is 0 Å². The molecule has 2 heterocycles. The Kier molecular flexibility index (Phi) is 9.03. The van der Waals surface area contributed by atoms with E-state index in [1.54, 1.807) is 37.4 Å². The molecule has 1 fully saturated rings. The van der Waals surface area contributed by atoms with Gasteiger partial charge in [-0.3, -0.25) is 0 Å². The molecule has 4 rings (SSSR count). The van der Waals surface area contributed by atoms with E-state index in [0.717, 1.165) is 35.6 Å². The van der Waals surface area contributed by atoms with Crippen molar-refractivity contribution >= 4 is 39.4 Å². The van der Waals surface area contributed by atoms with Gasteiger partial charge in [-0.2, -0.15) is 0 Å². The smallest absolute Gasteiger partial charge is 0.407 e. The molecular weight excluding hydrogens is 528 g/mol. The number of nitrogens with zero attached hydrogens (tertiary/aromatic N) is 2. The lowest BCUT2D eigenvalue weighted by atomic mass is 9.86. The molecule has 2 aromatic rings. The molecule has 5 N–H and O–H groups in total. The van der Waals surface area contributed by atoms with Crippen molar-refractivity contribution in [2.24, 2.45) is 4.99 Å². The summed E-state index contributed by atoms with van der Waals surface area (Å²) in [4.78, 5) is 21.3. The fraction of sp³-hybridized carbons (Fsp3) is 0.480. The van der Waals surface area contributed by atoms with Crippen LogP contribution in [0.5, 0.6) is 0 Å². The van der Waals surface area contributed by atoms with Gasteiger partial charge in [-0.15, -0.1) is 11.3 Å². The van der Waals surface area contributed by atoms with Crippen molar-refractivity contribution in [1.82, 2.24) is 20.3 Å². The van der Waals surface area contributed by atoms with E-state index in [4.69, 9.17) is 4.74 Å². The van der Waals surface area contributed by atoms with Gasteiger partial charge in [0.1, 0.15) is 5.82 Å². The number of alkyl carbamates (subject to hydrolysis) is 1. The number of aliphatic hydroxyl groups excluding tert-OH is 1. The first-order valence-electron chi connectivity index (χ1n) is 12.7. The number of rotatable bonds is 9. The van der Waals surface area contributed by atoms with Crippen molar-refractivity contribution in [3.8, 4) is 10.4 Å². The van der Waals surface area contributed by atoms with Crippen molar-refractivity contribution in [2.75, 3.05) is 11.9 Å². The van der Waals surface area contributed by atoms with Crippen molar-refractivity contribution in [1.29, 1.82) is 0 Å². The van der Waals surface area contributed by atoms with E-state index in [2.05, 4.69) is 30.6 Å². The number of hydrogen-bond acceptors (Lipinski definition) is 10. The highest BCUT2D eigenvalue weighted by atomic mass is 32.2. The average Bonchev–Trinajstić information content (AvgIpc) is 3.34. The number of amides is 1. The van der Waals surface area contributed by atoms with Crippen molar-refractivity contribution in [3.05, 3.63) is 41.3 Å². The molecule has 0 bridgehead atoms. The highest BCUT2D eigenvalue weighted by Crippen LogP contribution is 2.40. The Hall–Kier alpha value is -3.00. The molecular formula is C25H34N6O5S2. The second-order valence-electron chi connectivity index (χ2n) is 9.44. The van der Waals surface area contributed by atoms with E-state index in [9.17, 15) is 18.3 Å². The number of ether oxygens (including phenoxy) is 1. The van der Waals surface area contributed by atoms with Crippen molar-refractivity contribution in [2.45, 2.75) is 75.8 Å². The van der Waals surface area contributed by atoms with Crippen LogP contribution < -0.4 is 20.7 Å². The number of aliphatic hydroxyl groups is 1. The molecule has 0 saturated heterocycles. The average molecular weight is 563 g/mol. The minimum atomic E-state index is -3.79. The largest absolute Gasteiger partial charge is 0.447 e. The zero-order valence-corrected chi connectivity index (χ0v) is 23.2. The summed E-state index contributed by atoms with van der Waals surface area (Å²) in [5.41, 5.74) is 1.11. The van der Waals surface area contributed by atoms with E-state index in [-0.39, 0.29) is 35.6 Å². The second-order valence-corrected chi connectivity index (χ2v) is 12.2. The Morgan fingerprint density at radius 3 is 2.71 bits per heavy atom. The zero-order chi connectivity index (χ0) is 27.3. The van der Waals surface area contributed by atoms with Gasteiger partial charge in [0.05, 0.1) is 20.9 Å². The maximum absolute atomic E-state index is 13.1. The van der Waals surface area contributed by atoms with Crippen molar-refractivity contribution < 1.29 is 23.1 Å². The van der Waals surface area contributed by atoms with Crippen LogP contribution in [0.15, 0.2) is 46.2 Å². The molecule has 1 aromatic heterocycles. The predicted octanol–water partition coefficient (Wildman–Crippen LogP) is 3.47. The summed E-state index contributed by atoms with van der Waals surface area (Å²) in [6, 6.07) is 5.20. The number of hydrogen-bond donors (Lipinski definition) is 5. The molecule has 1 atom stereocenters.